The topological polar surface area (TPSA) is 147 Å². The quantitative estimate of drug-likeness (QED) is 0.314. The molecule has 0 fully saturated rings. The van der Waals surface area contributed by atoms with E-state index < -0.39 is 26.9 Å². The molecular weight excluding hydrogens is 312 g/mol. The Morgan fingerprint density at radius 1 is 1.14 bits per heavy atom. The molecule has 0 aliphatic heterocycles. The highest BCUT2D eigenvalue weighted by Crippen LogP contribution is 2.16. The van der Waals surface area contributed by atoms with Crippen LogP contribution in [-0.2, 0) is 14.9 Å². The van der Waals surface area contributed by atoms with Gasteiger partial charge in [-0.15, -0.1) is 0 Å². The first-order chi connectivity index (χ1) is 10.2. The second-order valence-electron chi connectivity index (χ2n) is 4.73. The first-order valence-electron chi connectivity index (χ1n) is 6.58. The molecule has 8 nitrogen and oxygen atoms in total. The fourth-order valence-corrected chi connectivity index (χ4v) is 2.35. The zero-order valence-electron chi connectivity index (χ0n) is 11.8. The average molecular weight is 330 g/mol. The lowest BCUT2D eigenvalue weighted by Gasteiger charge is -2.07. The van der Waals surface area contributed by atoms with E-state index in [1.54, 1.807) is 0 Å². The number of carboxylic acid groups (broad SMARTS) is 1. The number of hydrogen-bond donors (Lipinski definition) is 4. The van der Waals surface area contributed by atoms with Crippen LogP contribution in [0.1, 0.15) is 36.0 Å². The number of nitrogens with one attached hydrogen (secondary N) is 1. The Morgan fingerprint density at radius 3 is 2.41 bits per heavy atom. The minimum atomic E-state index is -4.44. The molecule has 0 heterocycles. The van der Waals surface area contributed by atoms with E-state index in [0.717, 1.165) is 12.1 Å². The van der Waals surface area contributed by atoms with Crippen molar-refractivity contribution in [2.24, 2.45) is 0 Å². The summed E-state index contributed by atoms with van der Waals surface area (Å²) in [6.45, 7) is 0.328. The summed E-state index contributed by atoms with van der Waals surface area (Å²) >= 11 is 0. The molecule has 22 heavy (non-hydrogen) atoms. The van der Waals surface area contributed by atoms with Gasteiger partial charge in [-0.1, -0.05) is 6.42 Å². The molecule has 0 bridgehead atoms. The first kappa shape index (κ1) is 17.9. The Kier molecular flexibility index (Phi) is 6.32. The number of nitrogen functional groups attached to an aromatic ring is 1. The molecule has 1 aromatic rings. The van der Waals surface area contributed by atoms with Crippen LogP contribution in [0.3, 0.4) is 0 Å². The van der Waals surface area contributed by atoms with Crippen LogP contribution >= 0.6 is 0 Å². The molecule has 1 rings (SSSR count). The summed E-state index contributed by atoms with van der Waals surface area (Å²) in [7, 11) is -4.44. The number of aliphatic carboxylic acids is 1. The number of rotatable bonds is 8. The number of hydrogen-bond acceptors (Lipinski definition) is 5. The van der Waals surface area contributed by atoms with Crippen LogP contribution < -0.4 is 11.1 Å². The molecule has 0 atom stereocenters. The second-order valence-corrected chi connectivity index (χ2v) is 6.15. The zero-order valence-corrected chi connectivity index (χ0v) is 12.6. The molecule has 9 heteroatoms. The number of benzene rings is 1. The van der Waals surface area contributed by atoms with Crippen molar-refractivity contribution < 1.29 is 27.7 Å². The number of unbranched alkanes of at least 4 members (excludes halogenated alkanes) is 2. The lowest BCUT2D eigenvalue weighted by Crippen LogP contribution is -2.24. The van der Waals surface area contributed by atoms with Gasteiger partial charge in [-0.05, 0) is 31.0 Å². The molecule has 0 saturated carbocycles. The van der Waals surface area contributed by atoms with Crippen molar-refractivity contribution in [3.8, 4) is 0 Å². The van der Waals surface area contributed by atoms with Gasteiger partial charge in [0.25, 0.3) is 16.0 Å². The lowest BCUT2D eigenvalue weighted by molar-refractivity contribution is -0.137. The highest BCUT2D eigenvalue weighted by atomic mass is 32.2. The molecule has 0 aromatic heterocycles. The summed E-state index contributed by atoms with van der Waals surface area (Å²) in [5.74, 6) is -1.38. The maximum Gasteiger partial charge on any atom is 0.303 e. The van der Waals surface area contributed by atoms with Crippen molar-refractivity contribution in [2.75, 3.05) is 12.3 Å². The number of carbonyl (C=O) groups is 2. The van der Waals surface area contributed by atoms with Gasteiger partial charge in [0.1, 0.15) is 0 Å². The predicted molar refractivity (Wildman–Crippen MR) is 79.1 cm³/mol. The average Bonchev–Trinajstić information content (AvgIpc) is 2.40. The third-order valence-corrected chi connectivity index (χ3v) is 3.67. The van der Waals surface area contributed by atoms with Gasteiger partial charge in [0.2, 0.25) is 0 Å². The second kappa shape index (κ2) is 7.76. The monoisotopic (exact) mass is 330 g/mol. The summed E-state index contributed by atoms with van der Waals surface area (Å²) < 4.78 is 31.1. The summed E-state index contributed by atoms with van der Waals surface area (Å²) in [6.07, 6.45) is 1.86. The van der Waals surface area contributed by atoms with Crippen LogP contribution in [0.15, 0.2) is 23.1 Å². The molecule has 1 amide bonds. The Labute approximate surface area is 128 Å². The van der Waals surface area contributed by atoms with Crippen molar-refractivity contribution >= 4 is 27.7 Å². The van der Waals surface area contributed by atoms with Gasteiger partial charge in [-0.3, -0.25) is 14.1 Å². The molecule has 0 spiro atoms. The van der Waals surface area contributed by atoms with Gasteiger partial charge in [-0.2, -0.15) is 8.42 Å². The fraction of sp³-hybridized carbons (Fsp3) is 0.385. The standard InChI is InChI=1S/C13H18N2O6S/c14-10-6-9(7-11(8-10)22(19,20)21)13(18)15-5-3-1-2-4-12(16)17/h6-8H,1-5,14H2,(H,15,18)(H,16,17)(H,19,20,21). The van der Waals surface area contributed by atoms with Gasteiger partial charge in [0.05, 0.1) is 4.90 Å². The zero-order chi connectivity index (χ0) is 16.8. The third kappa shape index (κ3) is 6.10. The van der Waals surface area contributed by atoms with E-state index >= 15 is 0 Å². The van der Waals surface area contributed by atoms with E-state index in [-0.39, 0.29) is 17.7 Å². The molecular formula is C13H18N2O6S. The maximum absolute atomic E-state index is 11.9. The van der Waals surface area contributed by atoms with E-state index in [1.165, 1.54) is 6.07 Å². The molecule has 0 unspecified atom stereocenters. The Hall–Kier alpha value is -2.13. The van der Waals surface area contributed by atoms with Gasteiger partial charge in [0, 0.05) is 24.2 Å². The van der Waals surface area contributed by atoms with Gasteiger partial charge < -0.3 is 16.2 Å². The van der Waals surface area contributed by atoms with Crippen molar-refractivity contribution in [3.63, 3.8) is 0 Å². The number of carboxylic acids is 1. The van der Waals surface area contributed by atoms with Gasteiger partial charge >= 0.3 is 5.97 Å². The molecule has 0 aliphatic rings. The third-order valence-electron chi connectivity index (χ3n) is 2.84. The summed E-state index contributed by atoms with van der Waals surface area (Å²) in [4.78, 5) is 21.8. The minimum Gasteiger partial charge on any atom is -0.481 e. The first-order valence-corrected chi connectivity index (χ1v) is 8.02. The van der Waals surface area contributed by atoms with Crippen molar-refractivity contribution in [1.82, 2.24) is 5.32 Å². The van der Waals surface area contributed by atoms with E-state index in [2.05, 4.69) is 5.32 Å². The number of carbonyl (C=O) groups excluding carboxylic acids is 1. The van der Waals surface area contributed by atoms with Crippen LogP contribution in [-0.4, -0.2) is 36.5 Å². The highest BCUT2D eigenvalue weighted by Gasteiger charge is 2.14. The molecule has 0 saturated heterocycles. The van der Waals surface area contributed by atoms with E-state index in [0.29, 0.717) is 25.8 Å². The van der Waals surface area contributed by atoms with E-state index in [1.807, 2.05) is 0 Å². The van der Waals surface area contributed by atoms with Crippen molar-refractivity contribution in [3.05, 3.63) is 23.8 Å². The smallest absolute Gasteiger partial charge is 0.303 e. The van der Waals surface area contributed by atoms with Crippen molar-refractivity contribution in [2.45, 2.75) is 30.6 Å². The Balaban J connectivity index is 2.56. The van der Waals surface area contributed by atoms with Crippen LogP contribution in [0.5, 0.6) is 0 Å². The summed E-state index contributed by atoms with van der Waals surface area (Å²) in [5, 5.41) is 11.0. The molecule has 5 N–H and O–H groups in total. The SMILES string of the molecule is Nc1cc(C(=O)NCCCCCC(=O)O)cc(S(=O)(=O)O)c1. The van der Waals surface area contributed by atoms with Crippen LogP contribution in [0, 0.1) is 0 Å². The number of anilines is 1. The number of nitrogens with two attached hydrogens (primary N) is 1. The summed E-state index contributed by atoms with van der Waals surface area (Å²) in [5.41, 5.74) is 5.57. The van der Waals surface area contributed by atoms with E-state index in [4.69, 9.17) is 15.4 Å². The largest absolute Gasteiger partial charge is 0.481 e. The molecule has 0 aliphatic carbocycles. The van der Waals surface area contributed by atoms with Crippen LogP contribution in [0.4, 0.5) is 5.69 Å². The highest BCUT2D eigenvalue weighted by molar-refractivity contribution is 7.85. The minimum absolute atomic E-state index is 0.0261. The number of amides is 1. The van der Waals surface area contributed by atoms with Crippen molar-refractivity contribution in [1.29, 1.82) is 0 Å². The van der Waals surface area contributed by atoms with Crippen LogP contribution in [0.2, 0.25) is 0 Å². The molecule has 0 radical (unpaired) electrons. The Bertz CT molecular complexity index is 656. The van der Waals surface area contributed by atoms with Gasteiger partial charge in [0.15, 0.2) is 0 Å². The lowest BCUT2D eigenvalue weighted by atomic mass is 10.1. The normalized spacial score (nSPS) is 11.1. The Morgan fingerprint density at radius 2 is 1.82 bits per heavy atom. The molecule has 1 aromatic carbocycles. The summed E-state index contributed by atoms with van der Waals surface area (Å²) in [6, 6.07) is 3.39. The fourth-order valence-electron chi connectivity index (χ4n) is 1.78. The predicted octanol–water partition coefficient (Wildman–Crippen LogP) is 0.890. The molecule has 122 valence electrons. The maximum atomic E-state index is 11.9. The van der Waals surface area contributed by atoms with Gasteiger partial charge in [-0.25, -0.2) is 0 Å². The van der Waals surface area contributed by atoms with Crippen LogP contribution in [0.25, 0.3) is 0 Å². The van der Waals surface area contributed by atoms with E-state index in [9.17, 15) is 18.0 Å².